The fourth-order valence-electron chi connectivity index (χ4n) is 4.35. The molecule has 7 heteroatoms. The number of fused-ring (bicyclic) bond motifs is 1. The molecule has 1 atom stereocenters. The van der Waals surface area contributed by atoms with Crippen LogP contribution in [0.25, 0.3) is 22.3 Å². The van der Waals surface area contributed by atoms with Gasteiger partial charge in [0.2, 0.25) is 0 Å². The van der Waals surface area contributed by atoms with Gasteiger partial charge in [-0.15, -0.1) is 0 Å². The summed E-state index contributed by atoms with van der Waals surface area (Å²) < 4.78 is 0. The third-order valence-electron chi connectivity index (χ3n) is 6.06. The van der Waals surface area contributed by atoms with Gasteiger partial charge in [0.25, 0.3) is 0 Å². The van der Waals surface area contributed by atoms with Crippen LogP contribution in [0.1, 0.15) is 12.8 Å². The van der Waals surface area contributed by atoms with E-state index in [9.17, 15) is 0 Å². The summed E-state index contributed by atoms with van der Waals surface area (Å²) in [7, 11) is 0. The topological polar surface area (TPSA) is 78.0 Å². The Bertz CT molecular complexity index is 977. The van der Waals surface area contributed by atoms with Crippen molar-refractivity contribution >= 4 is 22.5 Å². The van der Waals surface area contributed by atoms with Crippen LogP contribution in [0.4, 0.5) is 11.5 Å². The minimum Gasteiger partial charge on any atom is -0.369 e. The number of piperazine rings is 1. The number of anilines is 2. The number of nitrogens with zero attached hydrogens (tertiary/aromatic N) is 4. The summed E-state index contributed by atoms with van der Waals surface area (Å²) in [6.45, 7) is 7.26. The SMILES string of the molecule is c1cnc2c(NC[C@H]3CCCNC3)nc(-c3ccc(N4CCNCC4)cc3)cc2n1. The zero-order valence-electron chi connectivity index (χ0n) is 17.3. The maximum Gasteiger partial charge on any atom is 0.154 e. The van der Waals surface area contributed by atoms with Crippen molar-refractivity contribution in [2.75, 3.05) is 56.0 Å². The summed E-state index contributed by atoms with van der Waals surface area (Å²) in [5, 5.41) is 10.4. The summed E-state index contributed by atoms with van der Waals surface area (Å²) in [5.41, 5.74) is 5.01. The van der Waals surface area contributed by atoms with E-state index in [0.717, 1.165) is 73.9 Å². The number of aromatic nitrogens is 3. The number of hydrogen-bond donors (Lipinski definition) is 3. The molecule has 0 radical (unpaired) electrons. The Kier molecular flexibility index (Phi) is 5.72. The molecule has 2 aliphatic rings. The molecule has 3 N–H and O–H groups in total. The van der Waals surface area contributed by atoms with E-state index in [2.05, 4.69) is 55.1 Å². The van der Waals surface area contributed by atoms with Crippen LogP contribution < -0.4 is 20.9 Å². The molecule has 2 saturated heterocycles. The molecule has 7 nitrogen and oxygen atoms in total. The second-order valence-electron chi connectivity index (χ2n) is 8.16. The Balaban J connectivity index is 1.41. The molecule has 2 fully saturated rings. The average molecular weight is 404 g/mol. The highest BCUT2D eigenvalue weighted by Gasteiger charge is 2.16. The predicted octanol–water partition coefficient (Wildman–Crippen LogP) is 2.51. The molecule has 0 saturated carbocycles. The Morgan fingerprint density at radius 2 is 1.83 bits per heavy atom. The third-order valence-corrected chi connectivity index (χ3v) is 6.06. The van der Waals surface area contributed by atoms with Crippen LogP contribution in [0.2, 0.25) is 0 Å². The van der Waals surface area contributed by atoms with Crippen LogP contribution in [0.15, 0.2) is 42.7 Å². The zero-order chi connectivity index (χ0) is 20.2. The van der Waals surface area contributed by atoms with Gasteiger partial charge in [-0.25, -0.2) is 9.97 Å². The average Bonchev–Trinajstić information content (AvgIpc) is 2.84. The molecular weight excluding hydrogens is 374 g/mol. The fourth-order valence-corrected chi connectivity index (χ4v) is 4.35. The van der Waals surface area contributed by atoms with Crippen molar-refractivity contribution in [3.63, 3.8) is 0 Å². The molecule has 2 aromatic heterocycles. The lowest BCUT2D eigenvalue weighted by atomic mass is 10.00. The van der Waals surface area contributed by atoms with E-state index in [-0.39, 0.29) is 0 Å². The summed E-state index contributed by atoms with van der Waals surface area (Å²) in [4.78, 5) is 16.4. The van der Waals surface area contributed by atoms with Crippen molar-refractivity contribution in [2.24, 2.45) is 5.92 Å². The molecule has 1 aromatic carbocycles. The zero-order valence-corrected chi connectivity index (χ0v) is 17.3. The predicted molar refractivity (Wildman–Crippen MR) is 122 cm³/mol. The quantitative estimate of drug-likeness (QED) is 0.604. The van der Waals surface area contributed by atoms with Gasteiger partial charge < -0.3 is 20.9 Å². The van der Waals surface area contributed by atoms with Crippen molar-refractivity contribution in [3.8, 4) is 11.3 Å². The van der Waals surface area contributed by atoms with Gasteiger partial charge in [0.1, 0.15) is 5.52 Å². The molecule has 156 valence electrons. The maximum atomic E-state index is 4.94. The number of rotatable bonds is 5. The lowest BCUT2D eigenvalue weighted by Crippen LogP contribution is -2.43. The van der Waals surface area contributed by atoms with Gasteiger partial charge in [-0.1, -0.05) is 12.1 Å². The number of benzene rings is 1. The highest BCUT2D eigenvalue weighted by atomic mass is 15.2. The van der Waals surface area contributed by atoms with E-state index < -0.39 is 0 Å². The normalized spacial score (nSPS) is 19.7. The summed E-state index contributed by atoms with van der Waals surface area (Å²) in [6.07, 6.45) is 5.96. The number of pyridine rings is 1. The second-order valence-corrected chi connectivity index (χ2v) is 8.16. The molecule has 0 aliphatic carbocycles. The van der Waals surface area contributed by atoms with Crippen LogP contribution in [0.5, 0.6) is 0 Å². The monoisotopic (exact) mass is 403 g/mol. The summed E-state index contributed by atoms with van der Waals surface area (Å²) >= 11 is 0. The van der Waals surface area contributed by atoms with Gasteiger partial charge in [-0.05, 0) is 50.0 Å². The van der Waals surface area contributed by atoms with Gasteiger partial charge in [-0.2, -0.15) is 0 Å². The van der Waals surface area contributed by atoms with Gasteiger partial charge in [0, 0.05) is 56.4 Å². The molecular formula is C23H29N7. The Morgan fingerprint density at radius 3 is 2.63 bits per heavy atom. The van der Waals surface area contributed by atoms with Crippen molar-refractivity contribution in [2.45, 2.75) is 12.8 Å². The molecule has 2 aliphatic heterocycles. The van der Waals surface area contributed by atoms with Crippen LogP contribution >= 0.6 is 0 Å². The number of nitrogens with one attached hydrogen (secondary N) is 3. The molecule has 0 spiro atoms. The van der Waals surface area contributed by atoms with E-state index in [1.807, 2.05) is 6.07 Å². The van der Waals surface area contributed by atoms with E-state index >= 15 is 0 Å². The van der Waals surface area contributed by atoms with Crippen molar-refractivity contribution in [3.05, 3.63) is 42.7 Å². The van der Waals surface area contributed by atoms with Crippen molar-refractivity contribution in [1.82, 2.24) is 25.6 Å². The Labute approximate surface area is 177 Å². The van der Waals surface area contributed by atoms with Gasteiger partial charge >= 0.3 is 0 Å². The molecule has 0 bridgehead atoms. The minimum absolute atomic E-state index is 0.620. The molecule has 0 unspecified atom stereocenters. The smallest absolute Gasteiger partial charge is 0.154 e. The Hall–Kier alpha value is -2.77. The first kappa shape index (κ1) is 19.2. The maximum absolute atomic E-state index is 4.94. The lowest BCUT2D eigenvalue weighted by Gasteiger charge is -2.29. The first-order chi connectivity index (χ1) is 14.9. The van der Waals surface area contributed by atoms with Gasteiger partial charge in [0.15, 0.2) is 5.82 Å². The van der Waals surface area contributed by atoms with E-state index in [1.165, 1.54) is 18.5 Å². The summed E-state index contributed by atoms with van der Waals surface area (Å²) in [6, 6.07) is 10.8. The summed E-state index contributed by atoms with van der Waals surface area (Å²) in [5.74, 6) is 1.45. The van der Waals surface area contributed by atoms with Crippen LogP contribution in [-0.4, -0.2) is 60.8 Å². The number of hydrogen-bond acceptors (Lipinski definition) is 7. The van der Waals surface area contributed by atoms with Crippen molar-refractivity contribution in [1.29, 1.82) is 0 Å². The molecule has 30 heavy (non-hydrogen) atoms. The highest BCUT2D eigenvalue weighted by Crippen LogP contribution is 2.27. The fraction of sp³-hybridized carbons (Fsp3) is 0.435. The first-order valence-electron chi connectivity index (χ1n) is 11.0. The van der Waals surface area contributed by atoms with Gasteiger partial charge in [-0.3, -0.25) is 4.98 Å². The van der Waals surface area contributed by atoms with Crippen LogP contribution in [0.3, 0.4) is 0 Å². The molecule has 5 rings (SSSR count). The molecule has 0 amide bonds. The van der Waals surface area contributed by atoms with Gasteiger partial charge in [0.05, 0.1) is 11.2 Å². The van der Waals surface area contributed by atoms with E-state index in [4.69, 9.17) is 4.98 Å². The largest absolute Gasteiger partial charge is 0.369 e. The first-order valence-corrected chi connectivity index (χ1v) is 11.0. The molecule has 4 heterocycles. The second kappa shape index (κ2) is 8.93. The standard InChI is InChI=1S/C23H29N7/c1-2-17(15-25-7-1)16-28-23-22-21(26-8-9-27-22)14-20(29-23)18-3-5-19(6-4-18)30-12-10-24-11-13-30/h3-6,8-9,14,17,24-25H,1-2,7,10-13,15-16H2,(H,28,29)/t17-/m0/s1. The Morgan fingerprint density at radius 1 is 1.00 bits per heavy atom. The third kappa shape index (κ3) is 4.22. The van der Waals surface area contributed by atoms with Crippen LogP contribution in [0, 0.1) is 5.92 Å². The highest BCUT2D eigenvalue weighted by molar-refractivity contribution is 5.88. The number of piperidine rings is 1. The van der Waals surface area contributed by atoms with Crippen molar-refractivity contribution < 1.29 is 0 Å². The van der Waals surface area contributed by atoms with E-state index in [1.54, 1.807) is 12.4 Å². The van der Waals surface area contributed by atoms with Crippen LogP contribution in [-0.2, 0) is 0 Å². The molecule has 3 aromatic rings. The minimum atomic E-state index is 0.620. The van der Waals surface area contributed by atoms with E-state index in [0.29, 0.717) is 5.92 Å². The lowest BCUT2D eigenvalue weighted by molar-refractivity contribution is 0.392.